The molecule has 4 N–H and O–H groups in total. The highest BCUT2D eigenvalue weighted by Gasteiger charge is 2.30. The summed E-state index contributed by atoms with van der Waals surface area (Å²) in [4.78, 5) is 18.4. The van der Waals surface area contributed by atoms with Gasteiger partial charge in [0.05, 0.1) is 12.6 Å². The second kappa shape index (κ2) is 8.13. The van der Waals surface area contributed by atoms with Crippen LogP contribution in [-0.2, 0) is 13.0 Å². The van der Waals surface area contributed by atoms with Crippen LogP contribution in [0.5, 0.6) is 5.75 Å². The Morgan fingerprint density at radius 2 is 1.81 bits per heavy atom. The van der Waals surface area contributed by atoms with Gasteiger partial charge < -0.3 is 25.7 Å². The van der Waals surface area contributed by atoms with Gasteiger partial charge in [0.2, 0.25) is 11.9 Å². The predicted molar refractivity (Wildman–Crippen MR) is 119 cm³/mol. The molecule has 5 rings (SSSR count). The van der Waals surface area contributed by atoms with Crippen molar-refractivity contribution in [2.45, 2.75) is 31.5 Å². The highest BCUT2D eigenvalue weighted by atomic mass is 16.3. The van der Waals surface area contributed by atoms with Gasteiger partial charge in [0.1, 0.15) is 5.75 Å². The third-order valence-electron chi connectivity index (χ3n) is 6.05. The summed E-state index contributed by atoms with van der Waals surface area (Å²) in [5.74, 6) is 1.75. The van der Waals surface area contributed by atoms with E-state index >= 15 is 0 Å². The number of phenols is 1. The lowest BCUT2D eigenvalue weighted by Crippen LogP contribution is -2.44. The van der Waals surface area contributed by atoms with Crippen LogP contribution in [0.3, 0.4) is 0 Å². The van der Waals surface area contributed by atoms with E-state index in [-0.39, 0.29) is 24.4 Å². The van der Waals surface area contributed by atoms with Crippen LogP contribution >= 0.6 is 0 Å². The lowest BCUT2D eigenvalue weighted by Gasteiger charge is -2.36. The molecule has 2 aromatic carbocycles. The van der Waals surface area contributed by atoms with Crippen molar-refractivity contribution in [3.63, 3.8) is 0 Å². The Labute approximate surface area is 181 Å². The molecule has 0 radical (unpaired) electrons. The maximum Gasteiger partial charge on any atom is 0.231 e. The molecule has 0 spiro atoms. The molecule has 160 valence electrons. The molecule has 0 bridgehead atoms. The van der Waals surface area contributed by atoms with E-state index < -0.39 is 0 Å². The van der Waals surface area contributed by atoms with Gasteiger partial charge in [-0.25, -0.2) is 0 Å². The van der Waals surface area contributed by atoms with Gasteiger partial charge in [-0.05, 0) is 36.1 Å². The molecule has 31 heavy (non-hydrogen) atoms. The summed E-state index contributed by atoms with van der Waals surface area (Å²) in [7, 11) is 0. The monoisotopic (exact) mass is 418 g/mol. The minimum Gasteiger partial charge on any atom is -0.508 e. The summed E-state index contributed by atoms with van der Waals surface area (Å²) in [6.45, 7) is 2.10. The fourth-order valence-electron chi connectivity index (χ4n) is 4.35. The van der Waals surface area contributed by atoms with E-state index in [1.165, 1.54) is 11.1 Å². The molecule has 1 unspecified atom stereocenters. The average molecular weight is 419 g/mol. The predicted octanol–water partition coefficient (Wildman–Crippen LogP) is 1.71. The van der Waals surface area contributed by atoms with Crippen molar-refractivity contribution in [2.24, 2.45) is 5.73 Å². The summed E-state index contributed by atoms with van der Waals surface area (Å²) < 4.78 is 0. The van der Waals surface area contributed by atoms with E-state index in [0.717, 1.165) is 19.4 Å². The number of hydrogen-bond donors (Lipinski definition) is 3. The maximum atomic E-state index is 10.1. The third-order valence-corrected chi connectivity index (χ3v) is 6.05. The Hall–Kier alpha value is -3.23. The molecule has 0 saturated carbocycles. The Balaban J connectivity index is 1.59. The minimum atomic E-state index is -0.122. The molecular weight excluding hydrogens is 392 g/mol. The quantitative estimate of drug-likeness (QED) is 0.587. The summed E-state index contributed by atoms with van der Waals surface area (Å²) in [5, 5.41) is 20.1. The van der Waals surface area contributed by atoms with Crippen LogP contribution in [-0.4, -0.2) is 56.9 Å². The number of aromatic nitrogens is 3. The summed E-state index contributed by atoms with van der Waals surface area (Å²) in [6.07, 6.45) is 1.61. The fraction of sp³-hybridized carbons (Fsp3) is 0.348. The van der Waals surface area contributed by atoms with Crippen LogP contribution in [0.2, 0.25) is 0 Å². The van der Waals surface area contributed by atoms with Crippen molar-refractivity contribution in [3.05, 3.63) is 59.7 Å². The van der Waals surface area contributed by atoms with Gasteiger partial charge in [-0.2, -0.15) is 15.0 Å². The molecule has 3 heterocycles. The molecule has 2 atom stereocenters. The number of aliphatic hydroxyl groups excluding tert-OH is 1. The number of aromatic hydroxyl groups is 1. The Morgan fingerprint density at radius 1 is 1.00 bits per heavy atom. The zero-order chi connectivity index (χ0) is 21.4. The second-order valence-electron chi connectivity index (χ2n) is 8.24. The molecule has 3 aromatic rings. The fourth-order valence-corrected chi connectivity index (χ4v) is 4.35. The first-order valence-electron chi connectivity index (χ1n) is 10.6. The normalized spacial score (nSPS) is 20.7. The number of benzene rings is 2. The highest BCUT2D eigenvalue weighted by Crippen LogP contribution is 2.30. The number of aliphatic hydroxyl groups is 1. The number of fused-ring (bicyclic) bond motifs is 1. The van der Waals surface area contributed by atoms with Crippen LogP contribution < -0.4 is 15.5 Å². The van der Waals surface area contributed by atoms with Crippen LogP contribution in [0.1, 0.15) is 17.5 Å². The van der Waals surface area contributed by atoms with Crippen LogP contribution in [0.25, 0.3) is 11.4 Å². The Morgan fingerprint density at radius 3 is 2.55 bits per heavy atom. The Bertz CT molecular complexity index is 1090. The standard InChI is InChI=1S/C23H26N6O2/c24-18-8-9-28(13-18)22-25-21(16-6-3-7-20(31)11-16)26-23(27-22)29-12-17-5-2-1-4-15(17)10-19(29)14-30/h1-7,11,18-19,30-31H,8-10,12-14,24H2/t18?,19-/m1/s1. The molecule has 8 nitrogen and oxygen atoms in total. The SMILES string of the molecule is NC1CCN(c2nc(-c3cccc(O)c3)nc(N3Cc4ccccc4C[C@@H]3CO)n2)C1. The van der Waals surface area contributed by atoms with E-state index in [4.69, 9.17) is 20.7 Å². The molecule has 1 fully saturated rings. The number of nitrogens with zero attached hydrogens (tertiary/aromatic N) is 5. The summed E-state index contributed by atoms with van der Waals surface area (Å²) >= 11 is 0. The van der Waals surface area contributed by atoms with Crippen molar-refractivity contribution < 1.29 is 10.2 Å². The minimum absolute atomic E-state index is 0.00535. The maximum absolute atomic E-state index is 10.1. The van der Waals surface area contributed by atoms with Crippen molar-refractivity contribution in [2.75, 3.05) is 29.5 Å². The average Bonchev–Trinajstić information content (AvgIpc) is 3.24. The summed E-state index contributed by atoms with van der Waals surface area (Å²) in [6, 6.07) is 15.1. The second-order valence-corrected chi connectivity index (χ2v) is 8.24. The zero-order valence-electron chi connectivity index (χ0n) is 17.2. The van der Waals surface area contributed by atoms with Crippen LogP contribution in [0.15, 0.2) is 48.5 Å². The molecule has 1 saturated heterocycles. The van der Waals surface area contributed by atoms with Gasteiger partial charge in [-0.1, -0.05) is 36.4 Å². The summed E-state index contributed by atoms with van der Waals surface area (Å²) in [5.41, 5.74) is 9.28. The van der Waals surface area contributed by atoms with E-state index in [0.29, 0.717) is 36.4 Å². The first-order valence-corrected chi connectivity index (χ1v) is 10.6. The first kappa shape index (κ1) is 19.7. The molecular formula is C23H26N6O2. The highest BCUT2D eigenvalue weighted by molar-refractivity contribution is 5.61. The molecule has 0 amide bonds. The van der Waals surface area contributed by atoms with E-state index in [2.05, 4.69) is 21.9 Å². The van der Waals surface area contributed by atoms with Crippen LogP contribution in [0.4, 0.5) is 11.9 Å². The molecule has 2 aliphatic heterocycles. The van der Waals surface area contributed by atoms with Crippen LogP contribution in [0, 0.1) is 0 Å². The lowest BCUT2D eigenvalue weighted by molar-refractivity contribution is 0.252. The molecule has 1 aromatic heterocycles. The van der Waals surface area contributed by atoms with E-state index in [9.17, 15) is 10.2 Å². The molecule has 2 aliphatic rings. The molecule has 8 heteroatoms. The van der Waals surface area contributed by atoms with Gasteiger partial charge in [0, 0.05) is 31.2 Å². The van der Waals surface area contributed by atoms with Gasteiger partial charge in [0.25, 0.3) is 0 Å². The van der Waals surface area contributed by atoms with Crippen molar-refractivity contribution in [3.8, 4) is 17.1 Å². The first-order chi connectivity index (χ1) is 15.1. The van der Waals surface area contributed by atoms with Gasteiger partial charge in [-0.3, -0.25) is 0 Å². The smallest absolute Gasteiger partial charge is 0.231 e. The number of hydrogen-bond acceptors (Lipinski definition) is 8. The largest absolute Gasteiger partial charge is 0.508 e. The number of phenolic OH excluding ortho intramolecular Hbond substituents is 1. The van der Waals surface area contributed by atoms with Gasteiger partial charge in [-0.15, -0.1) is 0 Å². The van der Waals surface area contributed by atoms with E-state index in [1.807, 2.05) is 18.2 Å². The lowest BCUT2D eigenvalue weighted by atomic mass is 9.94. The van der Waals surface area contributed by atoms with E-state index in [1.54, 1.807) is 18.2 Å². The number of rotatable bonds is 4. The van der Waals surface area contributed by atoms with Gasteiger partial charge >= 0.3 is 0 Å². The zero-order valence-corrected chi connectivity index (χ0v) is 17.2. The van der Waals surface area contributed by atoms with Gasteiger partial charge in [0.15, 0.2) is 5.82 Å². The Kier molecular flexibility index (Phi) is 5.17. The van der Waals surface area contributed by atoms with Crippen molar-refractivity contribution in [1.29, 1.82) is 0 Å². The molecule has 0 aliphatic carbocycles. The number of anilines is 2. The number of nitrogens with two attached hydrogens (primary N) is 1. The topological polar surface area (TPSA) is 112 Å². The van der Waals surface area contributed by atoms with Crippen molar-refractivity contribution in [1.82, 2.24) is 15.0 Å². The van der Waals surface area contributed by atoms with Crippen molar-refractivity contribution >= 4 is 11.9 Å². The third kappa shape index (κ3) is 3.92.